The Labute approximate surface area is 159 Å². The van der Waals surface area contributed by atoms with Gasteiger partial charge in [0.05, 0.1) is 25.6 Å². The number of ether oxygens (including phenoxy) is 2. The van der Waals surface area contributed by atoms with Gasteiger partial charge in [0, 0.05) is 19.9 Å². The number of rotatable bonds is 6. The summed E-state index contributed by atoms with van der Waals surface area (Å²) in [6.07, 6.45) is 1.78. The van der Waals surface area contributed by atoms with E-state index in [1.807, 2.05) is 36.4 Å². The molecule has 0 radical (unpaired) electrons. The Hall–Kier alpha value is -3.02. The van der Waals surface area contributed by atoms with Gasteiger partial charge in [-0.25, -0.2) is 0 Å². The Kier molecular flexibility index (Phi) is 5.64. The molecule has 6 nitrogen and oxygen atoms in total. The Morgan fingerprint density at radius 3 is 2.59 bits per heavy atom. The van der Waals surface area contributed by atoms with Crippen molar-refractivity contribution in [2.45, 2.75) is 26.2 Å². The fourth-order valence-corrected chi connectivity index (χ4v) is 3.42. The lowest BCUT2D eigenvalue weighted by atomic mass is 10.1. The minimum atomic E-state index is -0.145. The highest BCUT2D eigenvalue weighted by Crippen LogP contribution is 2.36. The number of benzene rings is 2. The summed E-state index contributed by atoms with van der Waals surface area (Å²) >= 11 is 0. The summed E-state index contributed by atoms with van der Waals surface area (Å²) in [5, 5.41) is 2.83. The number of methoxy groups -OCH3 is 2. The molecule has 3 rings (SSSR count). The van der Waals surface area contributed by atoms with E-state index in [9.17, 15) is 9.59 Å². The number of hydrogen-bond acceptors (Lipinski definition) is 4. The molecule has 142 valence electrons. The molecule has 1 aliphatic rings. The van der Waals surface area contributed by atoms with Crippen molar-refractivity contribution in [3.8, 4) is 11.5 Å². The zero-order valence-electron chi connectivity index (χ0n) is 15.9. The van der Waals surface area contributed by atoms with Crippen molar-refractivity contribution in [1.82, 2.24) is 0 Å². The summed E-state index contributed by atoms with van der Waals surface area (Å²) in [6.45, 7) is 2.11. The van der Waals surface area contributed by atoms with Crippen LogP contribution < -0.4 is 19.7 Å². The van der Waals surface area contributed by atoms with Gasteiger partial charge < -0.3 is 19.7 Å². The van der Waals surface area contributed by atoms with Crippen LogP contribution in [0.4, 0.5) is 11.4 Å². The molecule has 2 aromatic rings. The first-order chi connectivity index (χ1) is 13.0. The smallest absolute Gasteiger partial charge is 0.227 e. The van der Waals surface area contributed by atoms with Gasteiger partial charge in [-0.3, -0.25) is 9.59 Å². The molecule has 1 N–H and O–H groups in total. The van der Waals surface area contributed by atoms with Crippen LogP contribution >= 0.6 is 0 Å². The molecule has 0 atom stereocenters. The molecule has 0 saturated heterocycles. The molecule has 0 bridgehead atoms. The van der Waals surface area contributed by atoms with Crippen LogP contribution in [0.1, 0.15) is 24.5 Å². The number of carbonyl (C=O) groups is 2. The fourth-order valence-electron chi connectivity index (χ4n) is 3.42. The maximum absolute atomic E-state index is 12.9. The summed E-state index contributed by atoms with van der Waals surface area (Å²) < 4.78 is 10.6. The maximum atomic E-state index is 12.9. The van der Waals surface area contributed by atoms with E-state index >= 15 is 0 Å². The third kappa shape index (κ3) is 4.05. The van der Waals surface area contributed by atoms with E-state index in [1.165, 1.54) is 6.92 Å². The summed E-state index contributed by atoms with van der Waals surface area (Å²) in [4.78, 5) is 26.1. The minimum Gasteiger partial charge on any atom is -0.493 e. The van der Waals surface area contributed by atoms with E-state index in [-0.39, 0.29) is 11.8 Å². The van der Waals surface area contributed by atoms with E-state index in [4.69, 9.17) is 9.47 Å². The van der Waals surface area contributed by atoms with Gasteiger partial charge in [-0.1, -0.05) is 18.2 Å². The van der Waals surface area contributed by atoms with Crippen molar-refractivity contribution in [2.24, 2.45) is 0 Å². The first-order valence-electron chi connectivity index (χ1n) is 8.94. The quantitative estimate of drug-likeness (QED) is 0.850. The number of amides is 2. The third-order valence-corrected chi connectivity index (χ3v) is 4.68. The highest BCUT2D eigenvalue weighted by Gasteiger charge is 2.27. The second kappa shape index (κ2) is 8.12. The molecule has 0 spiro atoms. The lowest BCUT2D eigenvalue weighted by molar-refractivity contribution is -0.118. The standard InChI is InChI=1S/C21H24N2O4/c1-14(24)22-17-6-4-5-16-11-12-23(21(16)17)20(25)10-8-15-7-9-18(26-2)19(13-15)27-3/h4-7,9,13H,8,10-12H2,1-3H3,(H,22,24). The monoisotopic (exact) mass is 368 g/mol. The van der Waals surface area contributed by atoms with Crippen LogP contribution in [0.5, 0.6) is 11.5 Å². The highest BCUT2D eigenvalue weighted by atomic mass is 16.5. The largest absolute Gasteiger partial charge is 0.493 e. The summed E-state index contributed by atoms with van der Waals surface area (Å²) in [5.74, 6) is 1.22. The molecule has 0 saturated carbocycles. The predicted molar refractivity (Wildman–Crippen MR) is 105 cm³/mol. The van der Waals surface area contributed by atoms with Gasteiger partial charge in [-0.05, 0) is 42.2 Å². The Morgan fingerprint density at radius 1 is 1.11 bits per heavy atom. The van der Waals surface area contributed by atoms with Crippen molar-refractivity contribution in [2.75, 3.05) is 31.0 Å². The van der Waals surface area contributed by atoms with Crippen LogP contribution in [0.3, 0.4) is 0 Å². The van der Waals surface area contributed by atoms with Gasteiger partial charge in [0.15, 0.2) is 11.5 Å². The number of hydrogen-bond donors (Lipinski definition) is 1. The Bertz CT molecular complexity index is 863. The van der Waals surface area contributed by atoms with Crippen LogP contribution in [0.15, 0.2) is 36.4 Å². The molecule has 1 heterocycles. The van der Waals surface area contributed by atoms with Gasteiger partial charge in [-0.2, -0.15) is 0 Å². The molecule has 1 aliphatic heterocycles. The van der Waals surface area contributed by atoms with E-state index in [1.54, 1.807) is 19.1 Å². The van der Waals surface area contributed by atoms with E-state index in [2.05, 4.69) is 5.32 Å². The Balaban J connectivity index is 1.73. The molecule has 0 aliphatic carbocycles. The number of aryl methyl sites for hydroxylation is 1. The number of para-hydroxylation sites is 1. The van der Waals surface area contributed by atoms with Crippen LogP contribution in [-0.4, -0.2) is 32.6 Å². The summed E-state index contributed by atoms with van der Waals surface area (Å²) in [6, 6.07) is 11.4. The topological polar surface area (TPSA) is 67.9 Å². The second-order valence-electron chi connectivity index (χ2n) is 6.48. The molecule has 0 unspecified atom stereocenters. The summed E-state index contributed by atoms with van der Waals surface area (Å²) in [5.41, 5.74) is 3.61. The van der Waals surface area contributed by atoms with Crippen molar-refractivity contribution in [1.29, 1.82) is 0 Å². The molecule has 0 fully saturated rings. The molecule has 0 aromatic heterocycles. The fraction of sp³-hybridized carbons (Fsp3) is 0.333. The van der Waals surface area contributed by atoms with Crippen LogP contribution in [0.2, 0.25) is 0 Å². The predicted octanol–water partition coefficient (Wildman–Crippen LogP) is 3.18. The van der Waals surface area contributed by atoms with E-state index in [0.717, 1.165) is 23.2 Å². The second-order valence-corrected chi connectivity index (χ2v) is 6.48. The summed E-state index contributed by atoms with van der Waals surface area (Å²) in [7, 11) is 3.19. The highest BCUT2D eigenvalue weighted by molar-refractivity contribution is 6.02. The SMILES string of the molecule is COc1ccc(CCC(=O)N2CCc3cccc(NC(C)=O)c32)cc1OC. The number of nitrogens with zero attached hydrogens (tertiary/aromatic N) is 1. The van der Waals surface area contributed by atoms with Crippen LogP contribution in [0.25, 0.3) is 0 Å². The van der Waals surface area contributed by atoms with E-state index in [0.29, 0.717) is 36.6 Å². The zero-order chi connectivity index (χ0) is 19.4. The van der Waals surface area contributed by atoms with Crippen molar-refractivity contribution < 1.29 is 19.1 Å². The van der Waals surface area contributed by atoms with Crippen molar-refractivity contribution in [3.63, 3.8) is 0 Å². The van der Waals surface area contributed by atoms with Gasteiger partial charge >= 0.3 is 0 Å². The normalized spacial score (nSPS) is 12.5. The minimum absolute atomic E-state index is 0.0429. The molecule has 2 amide bonds. The number of fused-ring (bicyclic) bond motifs is 1. The van der Waals surface area contributed by atoms with Gasteiger partial charge in [0.2, 0.25) is 11.8 Å². The lowest BCUT2D eigenvalue weighted by Crippen LogP contribution is -2.30. The number of nitrogens with one attached hydrogen (secondary N) is 1. The molecule has 2 aromatic carbocycles. The van der Waals surface area contributed by atoms with Gasteiger partial charge in [-0.15, -0.1) is 0 Å². The molecular weight excluding hydrogens is 344 g/mol. The molecule has 6 heteroatoms. The molecule has 27 heavy (non-hydrogen) atoms. The maximum Gasteiger partial charge on any atom is 0.227 e. The van der Waals surface area contributed by atoms with Gasteiger partial charge in [0.25, 0.3) is 0 Å². The third-order valence-electron chi connectivity index (χ3n) is 4.68. The first-order valence-corrected chi connectivity index (χ1v) is 8.94. The average molecular weight is 368 g/mol. The van der Waals surface area contributed by atoms with Crippen LogP contribution in [0, 0.1) is 0 Å². The van der Waals surface area contributed by atoms with Gasteiger partial charge in [0.1, 0.15) is 0 Å². The first kappa shape index (κ1) is 18.8. The number of anilines is 2. The van der Waals surface area contributed by atoms with Crippen molar-refractivity contribution in [3.05, 3.63) is 47.5 Å². The average Bonchev–Trinajstić information content (AvgIpc) is 3.10. The van der Waals surface area contributed by atoms with E-state index < -0.39 is 0 Å². The zero-order valence-corrected chi connectivity index (χ0v) is 15.9. The Morgan fingerprint density at radius 2 is 1.89 bits per heavy atom. The van der Waals surface area contributed by atoms with Crippen molar-refractivity contribution >= 4 is 23.2 Å². The van der Waals surface area contributed by atoms with Crippen LogP contribution in [-0.2, 0) is 22.4 Å². The molecular formula is C21H24N2O4. The number of carbonyl (C=O) groups excluding carboxylic acids is 2. The lowest BCUT2D eigenvalue weighted by Gasteiger charge is -2.20.